The standard InChI is InChI=1S/C23H35ClN4O4/c1-4-22(29)28-8-5-6-15(13-28)12-27-9-7-19(21(14-27)32-3)26-23(30)16-10-17(24)18(25)11-20(16)31-2/h10-11,15,19,21H,4-9,12-14,25H2,1-3H3,(H,26,30)/t15?,19-,21+/m1/s1. The highest BCUT2D eigenvalue weighted by molar-refractivity contribution is 6.33. The second kappa shape index (κ2) is 11.2. The summed E-state index contributed by atoms with van der Waals surface area (Å²) in [4.78, 5) is 29.4. The summed E-state index contributed by atoms with van der Waals surface area (Å²) in [5, 5.41) is 3.41. The Labute approximate surface area is 195 Å². The van der Waals surface area contributed by atoms with E-state index >= 15 is 0 Å². The number of carbonyl (C=O) groups is 2. The largest absolute Gasteiger partial charge is 0.496 e. The molecule has 0 aromatic heterocycles. The fourth-order valence-electron chi connectivity index (χ4n) is 4.74. The Bertz CT molecular complexity index is 821. The highest BCUT2D eigenvalue weighted by atomic mass is 35.5. The van der Waals surface area contributed by atoms with Crippen LogP contribution in [0.2, 0.25) is 5.02 Å². The van der Waals surface area contributed by atoms with Crippen LogP contribution in [0, 0.1) is 5.92 Å². The molecule has 2 aliphatic heterocycles. The number of hydrogen-bond donors (Lipinski definition) is 2. The van der Waals surface area contributed by atoms with E-state index in [2.05, 4.69) is 10.2 Å². The molecule has 178 valence electrons. The number of rotatable bonds is 7. The van der Waals surface area contributed by atoms with Crippen LogP contribution in [0.5, 0.6) is 5.75 Å². The number of nitrogens with two attached hydrogens (primary N) is 1. The van der Waals surface area contributed by atoms with Gasteiger partial charge in [0, 0.05) is 52.3 Å². The van der Waals surface area contributed by atoms with Gasteiger partial charge in [-0.1, -0.05) is 18.5 Å². The number of ether oxygens (including phenoxy) is 2. The number of nitrogens with zero attached hydrogens (tertiary/aromatic N) is 2. The van der Waals surface area contributed by atoms with Gasteiger partial charge in [0.1, 0.15) is 5.75 Å². The molecule has 0 saturated carbocycles. The van der Waals surface area contributed by atoms with E-state index in [4.69, 9.17) is 26.8 Å². The van der Waals surface area contributed by atoms with Gasteiger partial charge in [0.15, 0.2) is 0 Å². The number of hydrogen-bond acceptors (Lipinski definition) is 6. The van der Waals surface area contributed by atoms with Gasteiger partial charge in [0.25, 0.3) is 5.91 Å². The number of nitrogens with one attached hydrogen (secondary N) is 1. The minimum atomic E-state index is -0.259. The Morgan fingerprint density at radius 3 is 2.69 bits per heavy atom. The number of amides is 2. The van der Waals surface area contributed by atoms with Gasteiger partial charge in [-0.15, -0.1) is 0 Å². The number of carbonyl (C=O) groups excluding carboxylic acids is 2. The Balaban J connectivity index is 1.58. The predicted molar refractivity (Wildman–Crippen MR) is 125 cm³/mol. The first kappa shape index (κ1) is 24.6. The number of nitrogen functional groups attached to an aromatic ring is 1. The number of methoxy groups -OCH3 is 2. The molecular formula is C23H35ClN4O4. The molecule has 0 radical (unpaired) electrons. The Morgan fingerprint density at radius 2 is 2.00 bits per heavy atom. The second-order valence-corrected chi connectivity index (χ2v) is 9.09. The van der Waals surface area contributed by atoms with Gasteiger partial charge in [-0.05, 0) is 31.2 Å². The lowest BCUT2D eigenvalue weighted by Crippen LogP contribution is -2.56. The maximum Gasteiger partial charge on any atom is 0.255 e. The molecule has 8 nitrogen and oxygen atoms in total. The molecule has 2 saturated heterocycles. The first-order valence-electron chi connectivity index (χ1n) is 11.3. The van der Waals surface area contributed by atoms with Crippen molar-refractivity contribution >= 4 is 29.1 Å². The van der Waals surface area contributed by atoms with Crippen LogP contribution < -0.4 is 15.8 Å². The monoisotopic (exact) mass is 466 g/mol. The van der Waals surface area contributed by atoms with E-state index in [-0.39, 0.29) is 24.0 Å². The number of anilines is 1. The van der Waals surface area contributed by atoms with Crippen LogP contribution in [0.1, 0.15) is 43.0 Å². The first-order valence-corrected chi connectivity index (χ1v) is 11.7. The van der Waals surface area contributed by atoms with Crippen molar-refractivity contribution in [3.63, 3.8) is 0 Å². The molecule has 2 aliphatic rings. The van der Waals surface area contributed by atoms with Crippen molar-refractivity contribution in [1.29, 1.82) is 0 Å². The van der Waals surface area contributed by atoms with Gasteiger partial charge in [-0.2, -0.15) is 0 Å². The highest BCUT2D eigenvalue weighted by Crippen LogP contribution is 2.29. The van der Waals surface area contributed by atoms with E-state index in [1.54, 1.807) is 13.2 Å². The maximum atomic E-state index is 12.9. The highest BCUT2D eigenvalue weighted by Gasteiger charge is 2.33. The van der Waals surface area contributed by atoms with Crippen molar-refractivity contribution in [2.24, 2.45) is 5.92 Å². The van der Waals surface area contributed by atoms with Crippen molar-refractivity contribution in [2.45, 2.75) is 44.8 Å². The molecule has 2 amide bonds. The molecule has 0 spiro atoms. The van der Waals surface area contributed by atoms with E-state index in [0.717, 1.165) is 52.0 Å². The predicted octanol–water partition coefficient (Wildman–Crippen LogP) is 2.40. The van der Waals surface area contributed by atoms with Gasteiger partial charge in [-0.25, -0.2) is 0 Å². The summed E-state index contributed by atoms with van der Waals surface area (Å²) in [5.74, 6) is 0.845. The van der Waals surface area contributed by atoms with Crippen LogP contribution in [-0.4, -0.2) is 80.7 Å². The van der Waals surface area contributed by atoms with Crippen LogP contribution in [-0.2, 0) is 9.53 Å². The van der Waals surface area contributed by atoms with Crippen molar-refractivity contribution in [1.82, 2.24) is 15.1 Å². The fraction of sp³-hybridized carbons (Fsp3) is 0.652. The average molecular weight is 467 g/mol. The van der Waals surface area contributed by atoms with Crippen LogP contribution in [0.25, 0.3) is 0 Å². The molecule has 2 fully saturated rings. The molecule has 9 heteroatoms. The lowest BCUT2D eigenvalue weighted by molar-refractivity contribution is -0.132. The second-order valence-electron chi connectivity index (χ2n) is 8.68. The number of halogens is 1. The maximum absolute atomic E-state index is 12.9. The molecule has 0 aliphatic carbocycles. The molecule has 1 aromatic carbocycles. The number of benzene rings is 1. The van der Waals surface area contributed by atoms with Gasteiger partial charge in [0.05, 0.1) is 35.5 Å². The molecule has 32 heavy (non-hydrogen) atoms. The van der Waals surface area contributed by atoms with Crippen LogP contribution in [0.15, 0.2) is 12.1 Å². The third-order valence-electron chi connectivity index (χ3n) is 6.52. The molecular weight excluding hydrogens is 432 g/mol. The Kier molecular flexibility index (Phi) is 8.62. The third kappa shape index (κ3) is 5.85. The molecule has 1 aromatic rings. The minimum absolute atomic E-state index is 0.116. The smallest absolute Gasteiger partial charge is 0.255 e. The van der Waals surface area contributed by atoms with Crippen molar-refractivity contribution in [3.8, 4) is 5.75 Å². The normalized spacial score (nSPS) is 24.2. The zero-order valence-corrected chi connectivity index (χ0v) is 20.0. The van der Waals surface area contributed by atoms with Gasteiger partial charge < -0.3 is 30.3 Å². The van der Waals surface area contributed by atoms with E-state index < -0.39 is 0 Å². The minimum Gasteiger partial charge on any atom is -0.496 e. The summed E-state index contributed by atoms with van der Waals surface area (Å²) in [6.45, 7) is 6.16. The Morgan fingerprint density at radius 1 is 1.22 bits per heavy atom. The SMILES string of the molecule is CCC(=O)N1CCCC(CN2CC[C@@H](NC(=O)c3cc(Cl)c(N)cc3OC)[C@@H](OC)C2)C1. The lowest BCUT2D eigenvalue weighted by atomic mass is 9.94. The number of likely N-dealkylation sites (tertiary alicyclic amines) is 2. The average Bonchev–Trinajstić information content (AvgIpc) is 2.80. The molecule has 2 heterocycles. The van der Waals surface area contributed by atoms with Crippen LogP contribution in [0.4, 0.5) is 5.69 Å². The molecule has 3 N–H and O–H groups in total. The first-order chi connectivity index (χ1) is 15.4. The number of piperidine rings is 2. The topological polar surface area (TPSA) is 97.1 Å². The Hall–Kier alpha value is -2.03. The summed E-state index contributed by atoms with van der Waals surface area (Å²) >= 11 is 6.12. The van der Waals surface area contributed by atoms with Crippen LogP contribution in [0.3, 0.4) is 0 Å². The van der Waals surface area contributed by atoms with Crippen molar-refractivity contribution < 1.29 is 19.1 Å². The quantitative estimate of drug-likeness (QED) is 0.599. The summed E-state index contributed by atoms with van der Waals surface area (Å²) < 4.78 is 11.1. The van der Waals surface area contributed by atoms with E-state index in [1.165, 1.54) is 13.2 Å². The van der Waals surface area contributed by atoms with E-state index in [0.29, 0.717) is 34.4 Å². The summed E-state index contributed by atoms with van der Waals surface area (Å²) in [6, 6.07) is 2.98. The molecule has 1 unspecified atom stereocenters. The summed E-state index contributed by atoms with van der Waals surface area (Å²) in [7, 11) is 3.17. The summed E-state index contributed by atoms with van der Waals surface area (Å²) in [5.41, 5.74) is 6.55. The lowest BCUT2D eigenvalue weighted by Gasteiger charge is -2.41. The van der Waals surface area contributed by atoms with Crippen LogP contribution >= 0.6 is 11.6 Å². The fourth-order valence-corrected chi connectivity index (χ4v) is 4.90. The summed E-state index contributed by atoms with van der Waals surface area (Å²) in [6.07, 6.45) is 3.41. The zero-order valence-electron chi connectivity index (χ0n) is 19.2. The third-order valence-corrected chi connectivity index (χ3v) is 6.84. The van der Waals surface area contributed by atoms with Gasteiger partial charge >= 0.3 is 0 Å². The zero-order chi connectivity index (χ0) is 23.3. The van der Waals surface area contributed by atoms with Gasteiger partial charge in [-0.3, -0.25) is 9.59 Å². The molecule has 3 rings (SSSR count). The molecule has 3 atom stereocenters. The van der Waals surface area contributed by atoms with E-state index in [1.807, 2.05) is 11.8 Å². The van der Waals surface area contributed by atoms with Crippen molar-refractivity contribution in [2.75, 3.05) is 52.7 Å². The van der Waals surface area contributed by atoms with Gasteiger partial charge in [0.2, 0.25) is 5.91 Å². The molecule has 0 bridgehead atoms. The van der Waals surface area contributed by atoms with E-state index in [9.17, 15) is 9.59 Å². The van der Waals surface area contributed by atoms with Crippen molar-refractivity contribution in [3.05, 3.63) is 22.7 Å².